The third-order valence-corrected chi connectivity index (χ3v) is 2.98. The van der Waals surface area contributed by atoms with Gasteiger partial charge in [0.2, 0.25) is 17.0 Å². The number of nitrogens with one attached hydrogen (secondary N) is 2. The van der Waals surface area contributed by atoms with E-state index in [1.54, 1.807) is 0 Å². The Hall–Kier alpha value is -1.96. The average molecular weight is 286 g/mol. The lowest BCUT2D eigenvalue weighted by Crippen LogP contribution is -2.44. The SMILES string of the molecule is Cc1nc(Cl)nc(NC2CCCNC2=O)c1[N+](=O)[O-]. The average Bonchev–Trinajstić information content (AvgIpc) is 2.30. The van der Waals surface area contributed by atoms with Crippen molar-refractivity contribution in [3.8, 4) is 0 Å². The predicted molar refractivity (Wildman–Crippen MR) is 68.1 cm³/mol. The number of hydrogen-bond donors (Lipinski definition) is 2. The molecule has 1 atom stereocenters. The number of hydrogen-bond acceptors (Lipinski definition) is 6. The molecule has 1 aliphatic heterocycles. The van der Waals surface area contributed by atoms with Gasteiger partial charge in [0.05, 0.1) is 4.92 Å². The van der Waals surface area contributed by atoms with Crippen LogP contribution in [-0.2, 0) is 4.79 Å². The van der Waals surface area contributed by atoms with E-state index in [2.05, 4.69) is 20.6 Å². The van der Waals surface area contributed by atoms with E-state index in [1.807, 2.05) is 0 Å². The molecule has 2 rings (SSSR count). The topological polar surface area (TPSA) is 110 Å². The molecule has 2 heterocycles. The number of amides is 1. The fourth-order valence-corrected chi connectivity index (χ4v) is 2.14. The van der Waals surface area contributed by atoms with Crippen molar-refractivity contribution in [1.29, 1.82) is 0 Å². The van der Waals surface area contributed by atoms with Gasteiger partial charge in [-0.3, -0.25) is 14.9 Å². The van der Waals surface area contributed by atoms with Crippen LogP contribution in [0.1, 0.15) is 18.5 Å². The van der Waals surface area contributed by atoms with Gasteiger partial charge in [-0.1, -0.05) is 0 Å². The summed E-state index contributed by atoms with van der Waals surface area (Å²) < 4.78 is 0. The first-order chi connectivity index (χ1) is 8.99. The molecule has 0 radical (unpaired) electrons. The number of aryl methyl sites for hydroxylation is 1. The van der Waals surface area contributed by atoms with Crippen molar-refractivity contribution in [3.05, 3.63) is 21.1 Å². The summed E-state index contributed by atoms with van der Waals surface area (Å²) in [5.74, 6) is -0.225. The highest BCUT2D eigenvalue weighted by Crippen LogP contribution is 2.27. The van der Waals surface area contributed by atoms with Crippen LogP contribution in [0.3, 0.4) is 0 Å². The zero-order chi connectivity index (χ0) is 14.0. The van der Waals surface area contributed by atoms with E-state index in [0.717, 1.165) is 6.42 Å². The Balaban J connectivity index is 2.33. The van der Waals surface area contributed by atoms with Crippen molar-refractivity contribution >= 4 is 29.0 Å². The summed E-state index contributed by atoms with van der Waals surface area (Å²) in [5, 5.41) is 16.4. The number of aromatic nitrogens is 2. The highest BCUT2D eigenvalue weighted by atomic mass is 35.5. The molecular weight excluding hydrogens is 274 g/mol. The van der Waals surface area contributed by atoms with Crippen LogP contribution >= 0.6 is 11.6 Å². The summed E-state index contributed by atoms with van der Waals surface area (Å²) in [6, 6.07) is -0.544. The van der Waals surface area contributed by atoms with Gasteiger partial charge in [-0.2, -0.15) is 4.98 Å². The Bertz CT molecular complexity index is 536. The molecule has 102 valence electrons. The normalized spacial score (nSPS) is 18.8. The quantitative estimate of drug-likeness (QED) is 0.488. The molecule has 0 saturated carbocycles. The van der Waals surface area contributed by atoms with Gasteiger partial charge in [0.1, 0.15) is 11.7 Å². The number of halogens is 1. The van der Waals surface area contributed by atoms with Crippen molar-refractivity contribution in [2.24, 2.45) is 0 Å². The highest BCUT2D eigenvalue weighted by molar-refractivity contribution is 6.28. The molecule has 0 aliphatic carbocycles. The van der Waals surface area contributed by atoms with Crippen molar-refractivity contribution in [3.63, 3.8) is 0 Å². The molecule has 0 spiro atoms. The molecular formula is C10H12ClN5O3. The maximum Gasteiger partial charge on any atom is 0.332 e. The summed E-state index contributed by atoms with van der Waals surface area (Å²) in [7, 11) is 0. The van der Waals surface area contributed by atoms with Gasteiger partial charge in [0.15, 0.2) is 0 Å². The van der Waals surface area contributed by atoms with Crippen molar-refractivity contribution in [2.75, 3.05) is 11.9 Å². The lowest BCUT2D eigenvalue weighted by atomic mass is 10.1. The summed E-state index contributed by atoms with van der Waals surface area (Å²) >= 11 is 5.70. The summed E-state index contributed by atoms with van der Waals surface area (Å²) in [5.41, 5.74) is -0.105. The van der Waals surface area contributed by atoms with Gasteiger partial charge in [-0.25, -0.2) is 4.98 Å². The van der Waals surface area contributed by atoms with Crippen LogP contribution in [0, 0.1) is 17.0 Å². The van der Waals surface area contributed by atoms with Crippen molar-refractivity contribution in [1.82, 2.24) is 15.3 Å². The molecule has 0 aromatic carbocycles. The van der Waals surface area contributed by atoms with Crippen LogP contribution in [0.15, 0.2) is 0 Å². The summed E-state index contributed by atoms with van der Waals surface area (Å²) in [6.45, 7) is 2.08. The van der Waals surface area contributed by atoms with Gasteiger partial charge in [-0.05, 0) is 31.4 Å². The maximum atomic E-state index is 11.6. The van der Waals surface area contributed by atoms with Gasteiger partial charge in [0, 0.05) is 6.54 Å². The van der Waals surface area contributed by atoms with Gasteiger partial charge >= 0.3 is 5.69 Å². The molecule has 1 aromatic heterocycles. The number of carbonyl (C=O) groups is 1. The first-order valence-electron chi connectivity index (χ1n) is 5.72. The number of carbonyl (C=O) groups excluding carboxylic acids is 1. The molecule has 1 unspecified atom stereocenters. The molecule has 1 fully saturated rings. The van der Waals surface area contributed by atoms with Crippen LogP contribution in [0.5, 0.6) is 0 Å². The molecule has 2 N–H and O–H groups in total. The molecule has 19 heavy (non-hydrogen) atoms. The minimum atomic E-state index is -0.589. The van der Waals surface area contributed by atoms with Crippen LogP contribution in [-0.4, -0.2) is 33.4 Å². The Morgan fingerprint density at radius 1 is 1.53 bits per heavy atom. The van der Waals surface area contributed by atoms with E-state index >= 15 is 0 Å². The number of nitrogens with zero attached hydrogens (tertiary/aromatic N) is 3. The van der Waals surface area contributed by atoms with Crippen LogP contribution in [0.2, 0.25) is 5.28 Å². The first kappa shape index (κ1) is 13.5. The molecule has 1 amide bonds. The Labute approximate surface area is 113 Å². The van der Waals surface area contributed by atoms with E-state index in [1.165, 1.54) is 6.92 Å². The standard InChI is InChI=1S/C10H12ClN5O3/c1-5-7(16(18)19)8(15-10(11)13-5)14-6-3-2-4-12-9(6)17/h6H,2-4H2,1H3,(H,12,17)(H,13,14,15). The van der Waals surface area contributed by atoms with E-state index in [4.69, 9.17) is 11.6 Å². The Morgan fingerprint density at radius 2 is 2.26 bits per heavy atom. The van der Waals surface area contributed by atoms with Crippen molar-refractivity contribution < 1.29 is 9.72 Å². The molecule has 0 bridgehead atoms. The third-order valence-electron chi connectivity index (χ3n) is 2.81. The van der Waals surface area contributed by atoms with Crippen LogP contribution < -0.4 is 10.6 Å². The second kappa shape index (κ2) is 5.35. The third kappa shape index (κ3) is 2.90. The highest BCUT2D eigenvalue weighted by Gasteiger charge is 2.28. The second-order valence-corrected chi connectivity index (χ2v) is 4.50. The zero-order valence-corrected chi connectivity index (χ0v) is 10.9. The van der Waals surface area contributed by atoms with E-state index in [0.29, 0.717) is 13.0 Å². The lowest BCUT2D eigenvalue weighted by Gasteiger charge is -2.23. The van der Waals surface area contributed by atoms with Gasteiger partial charge < -0.3 is 10.6 Å². The Morgan fingerprint density at radius 3 is 2.89 bits per heavy atom. The van der Waals surface area contributed by atoms with E-state index < -0.39 is 11.0 Å². The lowest BCUT2D eigenvalue weighted by molar-refractivity contribution is -0.385. The smallest absolute Gasteiger partial charge is 0.332 e. The first-order valence-corrected chi connectivity index (χ1v) is 6.09. The maximum absolute atomic E-state index is 11.6. The van der Waals surface area contributed by atoms with Gasteiger partial charge in [-0.15, -0.1) is 0 Å². The predicted octanol–water partition coefficient (Wildman–Crippen LogP) is 1.04. The number of rotatable bonds is 3. The molecule has 1 saturated heterocycles. The monoisotopic (exact) mass is 285 g/mol. The van der Waals surface area contributed by atoms with E-state index in [-0.39, 0.29) is 28.4 Å². The zero-order valence-electron chi connectivity index (χ0n) is 10.1. The number of anilines is 1. The minimum Gasteiger partial charge on any atom is -0.354 e. The second-order valence-electron chi connectivity index (χ2n) is 4.16. The van der Waals surface area contributed by atoms with Gasteiger partial charge in [0.25, 0.3) is 0 Å². The van der Waals surface area contributed by atoms with Crippen molar-refractivity contribution in [2.45, 2.75) is 25.8 Å². The van der Waals surface area contributed by atoms with Crippen LogP contribution in [0.25, 0.3) is 0 Å². The number of piperidine rings is 1. The fourth-order valence-electron chi connectivity index (χ4n) is 1.93. The summed E-state index contributed by atoms with van der Waals surface area (Å²) in [4.78, 5) is 29.6. The minimum absolute atomic E-state index is 0.0236. The molecule has 8 nitrogen and oxygen atoms in total. The molecule has 1 aliphatic rings. The largest absolute Gasteiger partial charge is 0.354 e. The summed E-state index contributed by atoms with van der Waals surface area (Å²) in [6.07, 6.45) is 1.39. The van der Waals surface area contributed by atoms with E-state index in [9.17, 15) is 14.9 Å². The molecule has 1 aromatic rings. The fraction of sp³-hybridized carbons (Fsp3) is 0.500. The molecule has 9 heteroatoms. The van der Waals surface area contributed by atoms with Crippen LogP contribution in [0.4, 0.5) is 11.5 Å². The Kier molecular flexibility index (Phi) is 3.79. The number of nitro groups is 1.